The number of hydrogen-bond acceptors (Lipinski definition) is 4. The van der Waals surface area contributed by atoms with Gasteiger partial charge in [0.15, 0.2) is 0 Å². The average Bonchev–Trinajstić information content (AvgIpc) is 0.592. The van der Waals surface area contributed by atoms with Gasteiger partial charge in [0.05, 0.1) is 0 Å². The molecule has 0 spiro atoms. The van der Waals surface area contributed by atoms with E-state index in [9.17, 15) is 0 Å². The van der Waals surface area contributed by atoms with Crippen molar-refractivity contribution in [3.63, 3.8) is 0 Å². The number of halogens is 2. The molecule has 5 nitrogen and oxygen atoms in total. The van der Waals surface area contributed by atoms with Gasteiger partial charge in [0.25, 0.3) is 0 Å². The Balaban J connectivity index is 0. The predicted octanol–water partition coefficient (Wildman–Crippen LogP) is -1.81. The van der Waals surface area contributed by atoms with Crippen molar-refractivity contribution in [2.24, 2.45) is 17.5 Å². The summed E-state index contributed by atoms with van der Waals surface area (Å²) in [4.78, 5) is 0. The monoisotopic (exact) mass is 258 g/mol. The van der Waals surface area contributed by atoms with Gasteiger partial charge in [-0.25, -0.2) is 0 Å². The second kappa shape index (κ2) is 1.55. The molecule has 10 N–H and O–H groups in total. The van der Waals surface area contributed by atoms with E-state index in [0.29, 0.717) is 0 Å². The van der Waals surface area contributed by atoms with Crippen LogP contribution in [0.1, 0.15) is 0 Å². The number of rotatable bonds is 0. The molecule has 0 aromatic rings. The van der Waals surface area contributed by atoms with Crippen LogP contribution in [0.4, 0.5) is 0 Å². The van der Waals surface area contributed by atoms with Crippen LogP contribution in [0, 0.1) is 0 Å². The van der Waals surface area contributed by atoms with E-state index >= 15 is 0 Å². The minimum atomic E-state index is -4.97. The third-order valence-corrected chi connectivity index (χ3v) is 0. The molecular weight excluding hydrogens is 249 g/mol. The quantitative estimate of drug-likeness (QED) is 0.381. The molecule has 0 radical (unpaired) electrons. The summed E-state index contributed by atoms with van der Waals surface area (Å²) in [5.74, 6) is 0. The number of hydrogen-bond donors (Lipinski definition) is 4. The van der Waals surface area contributed by atoms with Crippen molar-refractivity contribution >= 4 is 19.1 Å². The van der Waals surface area contributed by atoms with Crippen molar-refractivity contribution in [3.8, 4) is 0 Å². The van der Waals surface area contributed by atoms with Crippen molar-refractivity contribution < 1.29 is 17.5 Å². The first-order valence-electron chi connectivity index (χ1n) is 0.969. The molecule has 0 amide bonds. The maximum atomic E-state index is 5.08. The Hall–Kier alpha value is 1.04. The molecule has 0 aliphatic rings. The van der Waals surface area contributed by atoms with Gasteiger partial charge in [0, 0.05) is 0 Å². The molecule has 0 bridgehead atoms. The summed E-state index contributed by atoms with van der Waals surface area (Å²) in [6, 6.07) is 0. The zero-order valence-corrected chi connectivity index (χ0v) is 6.95. The van der Waals surface area contributed by atoms with Crippen molar-refractivity contribution in [2.45, 2.75) is 0 Å². The zero-order chi connectivity index (χ0) is 6.41. The van der Waals surface area contributed by atoms with E-state index in [-0.39, 0.29) is 5.48 Å². The van der Waals surface area contributed by atoms with E-state index in [1.165, 1.54) is 0 Å². The van der Waals surface area contributed by atoms with E-state index in [1.807, 2.05) is 0 Å². The fourth-order valence-corrected chi connectivity index (χ4v) is 0. The predicted molar refractivity (Wildman–Crippen MR) is 32.1 cm³/mol. The molecule has 0 rings (SSSR count). The van der Waals surface area contributed by atoms with E-state index < -0.39 is 12.0 Å². The molecule has 60 valence electrons. The Morgan fingerprint density at radius 2 is 0.875 bits per heavy atom. The standard InChI is InChI=1S/2ClH.4H2N.H2O.Pd/h2*1H;5*1H2;/q;;4*-1;;+6/p-2. The summed E-state index contributed by atoms with van der Waals surface area (Å²) in [5.41, 5.74) is 0. The van der Waals surface area contributed by atoms with Gasteiger partial charge in [-0.05, 0) is 0 Å². The molecule has 0 aliphatic heterocycles. The van der Waals surface area contributed by atoms with Gasteiger partial charge < -0.3 is 5.48 Å². The molecule has 0 saturated carbocycles. The second-order valence-corrected chi connectivity index (χ2v) is 15.9. The summed E-state index contributed by atoms with van der Waals surface area (Å²) >= 11 is -4.97. The van der Waals surface area contributed by atoms with Gasteiger partial charge in [0.2, 0.25) is 0 Å². The van der Waals surface area contributed by atoms with E-state index in [4.69, 9.17) is 36.5 Å². The van der Waals surface area contributed by atoms with Crippen LogP contribution < -0.4 is 17.5 Å². The summed E-state index contributed by atoms with van der Waals surface area (Å²) in [6.45, 7) is 0. The molecule has 0 aromatic carbocycles. The van der Waals surface area contributed by atoms with Crippen LogP contribution in [-0.2, 0) is 12.0 Å². The third-order valence-electron chi connectivity index (χ3n) is 0. The van der Waals surface area contributed by atoms with Gasteiger partial charge in [-0.1, -0.05) is 0 Å². The molecule has 0 aromatic heterocycles. The first kappa shape index (κ1) is 11.8. The van der Waals surface area contributed by atoms with Crippen LogP contribution in [0.3, 0.4) is 0 Å². The molecule has 8 heavy (non-hydrogen) atoms. The van der Waals surface area contributed by atoms with E-state index in [0.717, 1.165) is 0 Å². The summed E-state index contributed by atoms with van der Waals surface area (Å²) < 4.78 is 19.5. The SMILES string of the molecule is O.[NH2][Pd]([NH2])([NH2])([NH2])([Cl])[Cl]. The van der Waals surface area contributed by atoms with Gasteiger partial charge in [0.1, 0.15) is 0 Å². The first-order chi connectivity index (χ1) is 2.45. The average molecular weight is 259 g/mol. The Morgan fingerprint density at radius 3 is 0.875 bits per heavy atom. The Labute approximate surface area is 54.2 Å². The van der Waals surface area contributed by atoms with E-state index in [1.54, 1.807) is 0 Å². The van der Waals surface area contributed by atoms with Crippen molar-refractivity contribution in [1.82, 2.24) is 0 Å². The Kier molecular flexibility index (Phi) is 2.28. The molecule has 0 saturated heterocycles. The maximum absolute atomic E-state index is 5.08. The number of nitrogens with two attached hydrogens (primary N) is 4. The van der Waals surface area contributed by atoms with Gasteiger partial charge in [-0.15, -0.1) is 0 Å². The molecular formula is H10Cl2N4OPd. The van der Waals surface area contributed by atoms with E-state index in [2.05, 4.69) is 0 Å². The molecule has 0 unspecified atom stereocenters. The van der Waals surface area contributed by atoms with Crippen LogP contribution in [-0.4, -0.2) is 5.48 Å². The van der Waals surface area contributed by atoms with Crippen molar-refractivity contribution in [3.05, 3.63) is 0 Å². The van der Waals surface area contributed by atoms with Gasteiger partial charge in [-0.3, -0.25) is 0 Å². The molecule has 0 fully saturated rings. The molecule has 8 heteroatoms. The van der Waals surface area contributed by atoms with Crippen molar-refractivity contribution in [1.29, 1.82) is 0 Å². The van der Waals surface area contributed by atoms with Crippen LogP contribution in [0.15, 0.2) is 0 Å². The van der Waals surface area contributed by atoms with Gasteiger partial charge >= 0.3 is 48.6 Å². The topological polar surface area (TPSA) is 136 Å². The summed E-state index contributed by atoms with van der Waals surface area (Å²) in [6.07, 6.45) is 0. The first-order valence-corrected chi connectivity index (χ1v) is 8.56. The molecule has 0 atom stereocenters. The van der Waals surface area contributed by atoms with Crippen LogP contribution in [0.25, 0.3) is 0 Å². The molecule has 0 aliphatic carbocycles. The van der Waals surface area contributed by atoms with Crippen molar-refractivity contribution in [2.75, 3.05) is 0 Å². The van der Waals surface area contributed by atoms with Crippen LogP contribution in [0.2, 0.25) is 0 Å². The fraction of sp³-hybridized carbons (Fsp3) is 0. The Bertz CT molecular complexity index is 72.6. The van der Waals surface area contributed by atoms with Crippen LogP contribution in [0.5, 0.6) is 0 Å². The normalized spacial score (nSPS) is 20.2. The fourth-order valence-electron chi connectivity index (χ4n) is 0. The third kappa shape index (κ3) is 237. The Morgan fingerprint density at radius 1 is 0.875 bits per heavy atom. The minimum absolute atomic E-state index is 0. The molecule has 0 heterocycles. The summed E-state index contributed by atoms with van der Waals surface area (Å²) in [7, 11) is 10.2. The second-order valence-electron chi connectivity index (χ2n) is 1.23. The van der Waals surface area contributed by atoms with Gasteiger partial charge in [-0.2, -0.15) is 0 Å². The zero-order valence-electron chi connectivity index (χ0n) is 3.88. The summed E-state index contributed by atoms with van der Waals surface area (Å²) in [5, 5.41) is 0. The van der Waals surface area contributed by atoms with Crippen LogP contribution >= 0.6 is 19.1 Å².